The van der Waals surface area contributed by atoms with Crippen LogP contribution in [0, 0.1) is 0 Å². The first-order chi connectivity index (χ1) is 13.5. The molecule has 7 nitrogen and oxygen atoms in total. The first-order valence-corrected chi connectivity index (χ1v) is 9.99. The summed E-state index contributed by atoms with van der Waals surface area (Å²) in [5.74, 6) is 0.266. The average Bonchev–Trinajstić information content (AvgIpc) is 3.24. The second kappa shape index (κ2) is 9.12. The van der Waals surface area contributed by atoms with E-state index in [0.29, 0.717) is 17.9 Å². The maximum absolute atomic E-state index is 12.3. The molecule has 144 valence electrons. The van der Waals surface area contributed by atoms with E-state index in [4.69, 9.17) is 4.42 Å². The molecule has 3 aromatic rings. The minimum absolute atomic E-state index is 0.0768. The third-order valence-corrected chi connectivity index (χ3v) is 5.22. The first kappa shape index (κ1) is 19.5. The van der Waals surface area contributed by atoms with Gasteiger partial charge in [-0.1, -0.05) is 18.2 Å². The molecule has 0 radical (unpaired) electrons. The van der Waals surface area contributed by atoms with Crippen molar-refractivity contribution in [1.82, 2.24) is 15.0 Å². The van der Waals surface area contributed by atoms with Crippen molar-refractivity contribution in [2.45, 2.75) is 18.0 Å². The topological polar surface area (TPSA) is 101 Å². The van der Waals surface area contributed by atoms with Crippen LogP contribution in [-0.4, -0.2) is 19.3 Å². The van der Waals surface area contributed by atoms with E-state index < -0.39 is 10.0 Å². The largest absolute Gasteiger partial charge is 0.468 e. The van der Waals surface area contributed by atoms with Gasteiger partial charge in [-0.2, -0.15) is 0 Å². The summed E-state index contributed by atoms with van der Waals surface area (Å²) in [4.78, 5) is 16.1. The van der Waals surface area contributed by atoms with Gasteiger partial charge >= 0.3 is 0 Å². The summed E-state index contributed by atoms with van der Waals surface area (Å²) < 4.78 is 32.1. The Kier molecular flexibility index (Phi) is 6.36. The highest BCUT2D eigenvalue weighted by molar-refractivity contribution is 7.89. The second-order valence-electron chi connectivity index (χ2n) is 5.85. The van der Waals surface area contributed by atoms with Gasteiger partial charge in [0.25, 0.3) is 0 Å². The Morgan fingerprint density at radius 1 is 1.04 bits per heavy atom. The number of hydrogen-bond donors (Lipinski definition) is 2. The molecule has 0 aliphatic heterocycles. The van der Waals surface area contributed by atoms with Crippen molar-refractivity contribution in [2.24, 2.45) is 0 Å². The average molecular weight is 397 g/mol. The summed E-state index contributed by atoms with van der Waals surface area (Å²) in [6.45, 7) is 0.413. The van der Waals surface area contributed by atoms with E-state index in [1.165, 1.54) is 24.5 Å². The second-order valence-corrected chi connectivity index (χ2v) is 7.61. The molecule has 3 rings (SSSR count). The Balaban J connectivity index is 1.54. The van der Waals surface area contributed by atoms with Crippen molar-refractivity contribution >= 4 is 22.0 Å². The van der Waals surface area contributed by atoms with Crippen molar-refractivity contribution in [2.75, 3.05) is 0 Å². The van der Waals surface area contributed by atoms with Gasteiger partial charge in [-0.3, -0.25) is 9.78 Å². The summed E-state index contributed by atoms with van der Waals surface area (Å²) in [5.41, 5.74) is 1.47. The van der Waals surface area contributed by atoms with Crippen LogP contribution in [0.25, 0.3) is 6.08 Å². The number of carbonyl (C=O) groups is 1. The van der Waals surface area contributed by atoms with Gasteiger partial charge in [-0.15, -0.1) is 0 Å². The lowest BCUT2D eigenvalue weighted by molar-refractivity contribution is -0.116. The van der Waals surface area contributed by atoms with Crippen LogP contribution in [-0.2, 0) is 27.9 Å². The summed E-state index contributed by atoms with van der Waals surface area (Å²) >= 11 is 0. The highest BCUT2D eigenvalue weighted by Crippen LogP contribution is 2.12. The highest BCUT2D eigenvalue weighted by Gasteiger charge is 2.13. The van der Waals surface area contributed by atoms with Crippen LogP contribution in [0.4, 0.5) is 0 Å². The third-order valence-electron chi connectivity index (χ3n) is 3.80. The Morgan fingerprint density at radius 3 is 2.54 bits per heavy atom. The lowest BCUT2D eigenvalue weighted by atomic mass is 10.2. The number of hydrogen-bond acceptors (Lipinski definition) is 5. The lowest BCUT2D eigenvalue weighted by Gasteiger charge is -2.05. The van der Waals surface area contributed by atoms with Crippen LogP contribution in [0.5, 0.6) is 0 Å². The van der Waals surface area contributed by atoms with Crippen LogP contribution in [0.15, 0.2) is 82.4 Å². The number of sulfonamides is 1. The van der Waals surface area contributed by atoms with Crippen molar-refractivity contribution in [3.63, 3.8) is 0 Å². The fourth-order valence-corrected chi connectivity index (χ4v) is 3.33. The minimum Gasteiger partial charge on any atom is -0.468 e. The van der Waals surface area contributed by atoms with E-state index in [9.17, 15) is 13.2 Å². The molecule has 2 heterocycles. The molecule has 1 aromatic carbocycles. The molecule has 8 heteroatoms. The zero-order valence-corrected chi connectivity index (χ0v) is 15.7. The molecule has 0 spiro atoms. The summed E-state index contributed by atoms with van der Waals surface area (Å²) in [6, 6.07) is 15.1. The molecule has 0 fully saturated rings. The van der Waals surface area contributed by atoms with E-state index in [2.05, 4.69) is 15.0 Å². The highest BCUT2D eigenvalue weighted by atomic mass is 32.2. The number of pyridine rings is 1. The maximum Gasteiger partial charge on any atom is 0.244 e. The molecule has 1 amide bonds. The molecule has 0 bridgehead atoms. The fraction of sp³-hybridized carbons (Fsp3) is 0.100. The number of rotatable bonds is 8. The number of amides is 1. The summed E-state index contributed by atoms with van der Waals surface area (Å²) in [7, 11) is -3.64. The van der Waals surface area contributed by atoms with Gasteiger partial charge in [-0.05, 0) is 48.0 Å². The van der Waals surface area contributed by atoms with Crippen molar-refractivity contribution in [3.8, 4) is 0 Å². The van der Waals surface area contributed by atoms with E-state index in [0.717, 1.165) is 5.69 Å². The maximum atomic E-state index is 12.3. The Hall–Kier alpha value is -3.23. The number of aromatic nitrogens is 1. The molecule has 28 heavy (non-hydrogen) atoms. The molecule has 0 saturated heterocycles. The van der Waals surface area contributed by atoms with E-state index in [1.807, 2.05) is 18.2 Å². The fourth-order valence-electron chi connectivity index (χ4n) is 2.33. The summed E-state index contributed by atoms with van der Waals surface area (Å²) in [5, 5.41) is 2.73. The van der Waals surface area contributed by atoms with Gasteiger partial charge in [0.1, 0.15) is 5.76 Å². The van der Waals surface area contributed by atoms with Crippen LogP contribution < -0.4 is 10.0 Å². The first-order valence-electron chi connectivity index (χ1n) is 8.51. The molecule has 0 unspecified atom stereocenters. The van der Waals surface area contributed by atoms with Gasteiger partial charge in [-0.25, -0.2) is 13.1 Å². The molecule has 0 aliphatic carbocycles. The predicted molar refractivity (Wildman–Crippen MR) is 104 cm³/mol. The van der Waals surface area contributed by atoms with Crippen LogP contribution in [0.2, 0.25) is 0 Å². The van der Waals surface area contributed by atoms with Crippen LogP contribution in [0.3, 0.4) is 0 Å². The zero-order valence-electron chi connectivity index (χ0n) is 14.9. The van der Waals surface area contributed by atoms with E-state index in [1.54, 1.807) is 36.5 Å². The number of carbonyl (C=O) groups excluding carboxylic acids is 1. The molecule has 0 aliphatic rings. The van der Waals surface area contributed by atoms with Gasteiger partial charge in [0, 0.05) is 12.3 Å². The molecule has 2 aromatic heterocycles. The molecule has 0 atom stereocenters. The van der Waals surface area contributed by atoms with Gasteiger partial charge < -0.3 is 9.73 Å². The van der Waals surface area contributed by atoms with Crippen molar-refractivity contribution in [3.05, 3.63) is 90.2 Å². The number of benzene rings is 1. The Labute approximate surface area is 163 Å². The van der Waals surface area contributed by atoms with Crippen LogP contribution in [0.1, 0.15) is 17.0 Å². The van der Waals surface area contributed by atoms with E-state index >= 15 is 0 Å². The van der Waals surface area contributed by atoms with Crippen molar-refractivity contribution < 1.29 is 17.6 Å². The van der Waals surface area contributed by atoms with E-state index in [-0.39, 0.29) is 17.3 Å². The molecule has 2 N–H and O–H groups in total. The minimum atomic E-state index is -3.64. The standard InChI is InChI=1S/C20H19N3O4S/c24-20(22-14-17-4-1-2-12-21-17)11-8-16-6-9-19(10-7-16)28(25,26)23-15-18-5-3-13-27-18/h1-13,23H,14-15H2,(H,22,24)/b11-8+. The van der Waals surface area contributed by atoms with Gasteiger partial charge in [0.05, 0.1) is 29.9 Å². The quantitative estimate of drug-likeness (QED) is 0.569. The Morgan fingerprint density at radius 2 is 1.86 bits per heavy atom. The number of nitrogens with zero attached hydrogens (tertiary/aromatic N) is 1. The van der Waals surface area contributed by atoms with Crippen molar-refractivity contribution in [1.29, 1.82) is 0 Å². The third kappa shape index (κ3) is 5.63. The molecular formula is C20H19N3O4S. The number of furan rings is 1. The number of nitrogens with one attached hydrogen (secondary N) is 2. The lowest BCUT2D eigenvalue weighted by Crippen LogP contribution is -2.22. The summed E-state index contributed by atoms with van der Waals surface area (Å²) in [6.07, 6.45) is 6.15. The normalized spacial score (nSPS) is 11.6. The molecular weight excluding hydrogens is 378 g/mol. The predicted octanol–water partition coefficient (Wildman–Crippen LogP) is 2.48. The smallest absolute Gasteiger partial charge is 0.244 e. The monoisotopic (exact) mass is 397 g/mol. The van der Waals surface area contributed by atoms with Gasteiger partial charge in [0.15, 0.2) is 0 Å². The van der Waals surface area contributed by atoms with Crippen LogP contribution >= 0.6 is 0 Å². The molecule has 0 saturated carbocycles. The van der Waals surface area contributed by atoms with Gasteiger partial charge in [0.2, 0.25) is 15.9 Å². The Bertz CT molecular complexity index is 1030. The SMILES string of the molecule is O=C(/C=C/c1ccc(S(=O)(=O)NCc2ccco2)cc1)NCc1ccccn1. The zero-order chi connectivity index (χ0) is 19.8.